The van der Waals surface area contributed by atoms with Crippen LogP contribution in [0.3, 0.4) is 0 Å². The first kappa shape index (κ1) is 16.8. The molecule has 4 rings (SSSR count). The molecule has 6 nitrogen and oxygen atoms in total. The number of rotatable bonds is 2. The Hall–Kier alpha value is -2.67. The maximum atomic E-state index is 13.2. The Balaban J connectivity index is 1.80. The first-order chi connectivity index (χ1) is 12.3. The van der Waals surface area contributed by atoms with Crippen LogP contribution in [0.15, 0.2) is 41.3 Å². The molecule has 2 aliphatic rings. The average molecular weight is 370 g/mol. The number of hydrogen-bond donors (Lipinski definition) is 0. The van der Waals surface area contributed by atoms with Crippen LogP contribution < -0.4 is 9.21 Å². The zero-order chi connectivity index (χ0) is 18.6. The van der Waals surface area contributed by atoms with E-state index in [1.54, 1.807) is 37.4 Å². The monoisotopic (exact) mass is 370 g/mol. The lowest BCUT2D eigenvalue weighted by Crippen LogP contribution is -2.37. The molecular formula is C19H18N2O4S. The molecule has 134 valence electrons. The zero-order valence-corrected chi connectivity index (χ0v) is 15.3. The number of ketones is 1. The Labute approximate surface area is 152 Å². The smallest absolute Gasteiger partial charge is 0.264 e. The Kier molecular flexibility index (Phi) is 3.66. The van der Waals surface area contributed by atoms with Crippen LogP contribution in [0.1, 0.15) is 27.9 Å². The van der Waals surface area contributed by atoms with E-state index in [0.29, 0.717) is 16.8 Å². The van der Waals surface area contributed by atoms with Gasteiger partial charge in [0.25, 0.3) is 10.0 Å². The molecule has 0 saturated heterocycles. The minimum absolute atomic E-state index is 0.0451. The Morgan fingerprint density at radius 2 is 1.73 bits per heavy atom. The molecule has 7 heteroatoms. The number of carbonyl (C=O) groups excluding carboxylic acids is 2. The van der Waals surface area contributed by atoms with Crippen molar-refractivity contribution in [1.82, 2.24) is 0 Å². The molecule has 0 bridgehead atoms. The number of Topliss-reactive ketones (excluding diaryl/α,β-unsaturated/α-hetero) is 1. The molecule has 2 aromatic rings. The Morgan fingerprint density at radius 1 is 1.00 bits per heavy atom. The number of benzene rings is 2. The SMILES string of the molecule is Cc1ccc2c(c1)C(=O)CCN2S(=O)(=O)c1ccc2c(c1)CC(=O)N2C. The molecule has 0 aliphatic carbocycles. The number of fused-ring (bicyclic) bond motifs is 2. The van der Waals surface area contributed by atoms with E-state index < -0.39 is 10.0 Å². The normalized spacial score (nSPS) is 16.7. The largest absolute Gasteiger partial charge is 0.315 e. The van der Waals surface area contributed by atoms with E-state index >= 15 is 0 Å². The lowest BCUT2D eigenvalue weighted by atomic mass is 10.0. The van der Waals surface area contributed by atoms with Crippen molar-refractivity contribution in [3.63, 3.8) is 0 Å². The van der Waals surface area contributed by atoms with Crippen molar-refractivity contribution in [2.75, 3.05) is 22.8 Å². The zero-order valence-electron chi connectivity index (χ0n) is 14.5. The van der Waals surface area contributed by atoms with E-state index in [2.05, 4.69) is 0 Å². The van der Waals surface area contributed by atoms with Crippen molar-refractivity contribution >= 4 is 33.1 Å². The first-order valence-electron chi connectivity index (χ1n) is 8.35. The molecule has 0 aromatic heterocycles. The predicted octanol–water partition coefficient (Wildman–Crippen LogP) is 2.30. The van der Waals surface area contributed by atoms with Gasteiger partial charge >= 0.3 is 0 Å². The maximum Gasteiger partial charge on any atom is 0.264 e. The third-order valence-corrected chi connectivity index (χ3v) is 6.79. The summed E-state index contributed by atoms with van der Waals surface area (Å²) in [6.07, 6.45) is 0.352. The molecule has 0 N–H and O–H groups in total. The fraction of sp³-hybridized carbons (Fsp3) is 0.263. The summed E-state index contributed by atoms with van der Waals surface area (Å²) in [5.74, 6) is -0.102. The van der Waals surface area contributed by atoms with E-state index in [4.69, 9.17) is 0 Å². The van der Waals surface area contributed by atoms with Gasteiger partial charge in [0.05, 0.1) is 17.0 Å². The number of nitrogens with zero attached hydrogens (tertiary/aromatic N) is 2. The molecule has 2 aromatic carbocycles. The number of sulfonamides is 1. The summed E-state index contributed by atoms with van der Waals surface area (Å²) in [5.41, 5.74) is 3.21. The second-order valence-electron chi connectivity index (χ2n) is 6.69. The molecule has 1 amide bonds. The fourth-order valence-corrected chi connectivity index (χ4v) is 5.07. The van der Waals surface area contributed by atoms with Gasteiger partial charge in [-0.3, -0.25) is 13.9 Å². The van der Waals surface area contributed by atoms with E-state index in [-0.39, 0.29) is 36.0 Å². The molecule has 0 saturated carbocycles. The fourth-order valence-electron chi connectivity index (χ4n) is 3.53. The first-order valence-corrected chi connectivity index (χ1v) is 9.79. The van der Waals surface area contributed by atoms with Gasteiger partial charge in [-0.15, -0.1) is 0 Å². The Morgan fingerprint density at radius 3 is 2.50 bits per heavy atom. The maximum absolute atomic E-state index is 13.2. The van der Waals surface area contributed by atoms with Crippen LogP contribution in [0.2, 0.25) is 0 Å². The highest BCUT2D eigenvalue weighted by Crippen LogP contribution is 2.35. The third kappa shape index (κ3) is 2.42. The summed E-state index contributed by atoms with van der Waals surface area (Å²) in [5, 5.41) is 0. The number of likely N-dealkylation sites (N-methyl/N-ethyl adjacent to an activating group) is 1. The van der Waals surface area contributed by atoms with E-state index in [1.165, 1.54) is 15.3 Å². The predicted molar refractivity (Wildman–Crippen MR) is 98.2 cm³/mol. The average Bonchev–Trinajstić information content (AvgIpc) is 2.89. The van der Waals surface area contributed by atoms with Gasteiger partial charge in [-0.2, -0.15) is 0 Å². The van der Waals surface area contributed by atoms with Gasteiger partial charge in [0, 0.05) is 31.3 Å². The Bertz CT molecular complexity index is 1060. The van der Waals surface area contributed by atoms with Crippen molar-refractivity contribution in [3.05, 3.63) is 53.1 Å². The summed E-state index contributed by atoms with van der Waals surface area (Å²) in [4.78, 5) is 25.7. The molecule has 2 aliphatic heterocycles. The van der Waals surface area contributed by atoms with Gasteiger partial charge < -0.3 is 4.90 Å². The van der Waals surface area contributed by atoms with Crippen LogP contribution >= 0.6 is 0 Å². The van der Waals surface area contributed by atoms with Crippen LogP contribution in [-0.2, 0) is 21.2 Å². The molecule has 0 spiro atoms. The van der Waals surface area contributed by atoms with Crippen LogP contribution in [0.4, 0.5) is 11.4 Å². The molecule has 0 fully saturated rings. The summed E-state index contributed by atoms with van der Waals surface area (Å²) in [6, 6.07) is 9.97. The second-order valence-corrected chi connectivity index (χ2v) is 8.55. The number of anilines is 2. The second kappa shape index (κ2) is 5.67. The number of amides is 1. The summed E-state index contributed by atoms with van der Waals surface area (Å²) in [6.45, 7) is 1.99. The quantitative estimate of drug-likeness (QED) is 0.813. The topological polar surface area (TPSA) is 74.8 Å². The van der Waals surface area contributed by atoms with Crippen LogP contribution in [0, 0.1) is 6.92 Å². The van der Waals surface area contributed by atoms with E-state index in [9.17, 15) is 18.0 Å². The number of hydrogen-bond acceptors (Lipinski definition) is 4. The van der Waals surface area contributed by atoms with Crippen molar-refractivity contribution in [1.29, 1.82) is 0 Å². The number of carbonyl (C=O) groups is 2. The third-order valence-electron chi connectivity index (χ3n) is 4.98. The van der Waals surface area contributed by atoms with Crippen LogP contribution in [-0.4, -0.2) is 33.7 Å². The molecule has 2 heterocycles. The van der Waals surface area contributed by atoms with Crippen LogP contribution in [0.25, 0.3) is 0 Å². The highest BCUT2D eigenvalue weighted by Gasteiger charge is 2.34. The van der Waals surface area contributed by atoms with Crippen molar-refractivity contribution in [2.45, 2.75) is 24.7 Å². The minimum Gasteiger partial charge on any atom is -0.315 e. The van der Waals surface area contributed by atoms with Crippen molar-refractivity contribution in [3.8, 4) is 0 Å². The molecular weight excluding hydrogens is 352 g/mol. The van der Waals surface area contributed by atoms with Gasteiger partial charge in [-0.05, 0) is 42.8 Å². The standard InChI is InChI=1S/C19H18N2O4S/c1-12-3-5-17-15(9-12)18(22)7-8-21(17)26(24,25)14-4-6-16-13(10-14)11-19(23)20(16)2/h3-6,9-10H,7-8,11H2,1-2H3. The molecule has 26 heavy (non-hydrogen) atoms. The van der Waals surface area contributed by atoms with Gasteiger partial charge in [0.2, 0.25) is 5.91 Å². The van der Waals surface area contributed by atoms with Crippen LogP contribution in [0.5, 0.6) is 0 Å². The highest BCUT2D eigenvalue weighted by molar-refractivity contribution is 7.92. The van der Waals surface area contributed by atoms with E-state index in [0.717, 1.165) is 11.3 Å². The highest BCUT2D eigenvalue weighted by atomic mass is 32.2. The summed E-state index contributed by atoms with van der Waals surface area (Å²) in [7, 11) is -2.14. The molecule has 0 radical (unpaired) electrons. The van der Waals surface area contributed by atoms with Gasteiger partial charge in [0.15, 0.2) is 5.78 Å². The lowest BCUT2D eigenvalue weighted by molar-refractivity contribution is -0.117. The van der Waals surface area contributed by atoms with Gasteiger partial charge in [-0.25, -0.2) is 8.42 Å². The summed E-state index contributed by atoms with van der Waals surface area (Å²) >= 11 is 0. The lowest BCUT2D eigenvalue weighted by Gasteiger charge is -2.30. The minimum atomic E-state index is -3.82. The number of aryl methyl sites for hydroxylation is 1. The summed E-state index contributed by atoms with van der Waals surface area (Å²) < 4.78 is 27.7. The van der Waals surface area contributed by atoms with Gasteiger partial charge in [-0.1, -0.05) is 11.6 Å². The van der Waals surface area contributed by atoms with E-state index in [1.807, 2.05) is 6.92 Å². The molecule has 0 unspecified atom stereocenters. The van der Waals surface area contributed by atoms with Crippen molar-refractivity contribution < 1.29 is 18.0 Å². The molecule has 0 atom stereocenters. The van der Waals surface area contributed by atoms with Gasteiger partial charge in [0.1, 0.15) is 0 Å². The van der Waals surface area contributed by atoms with Crippen molar-refractivity contribution in [2.24, 2.45) is 0 Å².